The summed E-state index contributed by atoms with van der Waals surface area (Å²) in [5.41, 5.74) is 6.37. The predicted octanol–water partition coefficient (Wildman–Crippen LogP) is 6.49. The van der Waals surface area contributed by atoms with Crippen LogP contribution in [0.15, 0.2) is 46.7 Å². The van der Waals surface area contributed by atoms with Gasteiger partial charge in [-0.1, -0.05) is 67.4 Å². The summed E-state index contributed by atoms with van der Waals surface area (Å²) in [7, 11) is 3.47. The molecule has 0 atom stereocenters. The van der Waals surface area contributed by atoms with Crippen LogP contribution in [0.3, 0.4) is 0 Å². The van der Waals surface area contributed by atoms with Crippen LogP contribution < -0.4 is 0 Å². The molecule has 0 aliphatic carbocycles. The van der Waals surface area contributed by atoms with Crippen LogP contribution in [0.1, 0.15) is 68.3 Å². The lowest BCUT2D eigenvalue weighted by Crippen LogP contribution is -2.30. The molecule has 1 aliphatic heterocycles. The third kappa shape index (κ3) is 8.52. The minimum absolute atomic E-state index is 0.0712. The molecule has 180 valence electrons. The maximum atomic E-state index is 12.0. The van der Waals surface area contributed by atoms with Gasteiger partial charge in [0.05, 0.1) is 0 Å². The fourth-order valence-electron chi connectivity index (χ4n) is 3.42. The summed E-state index contributed by atoms with van der Waals surface area (Å²) in [5, 5.41) is 0. The zero-order valence-electron chi connectivity index (χ0n) is 21.4. The Kier molecular flexibility index (Phi) is 12.8. The molecule has 33 heavy (non-hydrogen) atoms. The van der Waals surface area contributed by atoms with Gasteiger partial charge in [-0.15, -0.1) is 0 Å². The molecule has 0 spiro atoms. The summed E-state index contributed by atoms with van der Waals surface area (Å²) in [4.78, 5) is 24.7. The lowest BCUT2D eigenvalue weighted by Gasteiger charge is -2.26. The normalized spacial score (nSPS) is 13.7. The second-order valence-corrected chi connectivity index (χ2v) is 8.48. The summed E-state index contributed by atoms with van der Waals surface area (Å²) >= 11 is 3.62. The van der Waals surface area contributed by atoms with Gasteiger partial charge in [0.25, 0.3) is 5.91 Å². The number of amides is 1. The van der Waals surface area contributed by atoms with Crippen molar-refractivity contribution in [3.63, 3.8) is 0 Å². The van der Waals surface area contributed by atoms with E-state index in [0.717, 1.165) is 47.3 Å². The summed E-state index contributed by atoms with van der Waals surface area (Å²) in [6, 6.07) is 5.79. The van der Waals surface area contributed by atoms with Crippen LogP contribution in [-0.4, -0.2) is 59.4 Å². The number of pyridine rings is 2. The number of carbonyl (C=O) groups excluding carboxylic acids is 1. The van der Waals surface area contributed by atoms with Crippen LogP contribution in [0.2, 0.25) is 0 Å². The van der Waals surface area contributed by atoms with Crippen molar-refractivity contribution in [2.75, 3.05) is 33.7 Å². The van der Waals surface area contributed by atoms with Crippen LogP contribution >= 0.6 is 15.9 Å². The number of hydrogen-bond acceptors (Lipinski definition) is 4. The molecular formula is C27H39BrN4O. The molecule has 0 saturated heterocycles. The van der Waals surface area contributed by atoms with Crippen LogP contribution in [-0.2, 0) is 0 Å². The molecule has 0 fully saturated rings. The van der Waals surface area contributed by atoms with Crippen LogP contribution in [0.5, 0.6) is 0 Å². The minimum Gasteiger partial charge on any atom is -0.343 e. The maximum absolute atomic E-state index is 12.0. The molecule has 3 heterocycles. The highest BCUT2D eigenvalue weighted by Gasteiger charge is 2.15. The second kappa shape index (κ2) is 14.8. The molecule has 2 aromatic rings. The second-order valence-electron chi connectivity index (χ2n) is 7.63. The van der Waals surface area contributed by atoms with E-state index in [0.29, 0.717) is 5.69 Å². The predicted molar refractivity (Wildman–Crippen MR) is 144 cm³/mol. The van der Waals surface area contributed by atoms with Crippen molar-refractivity contribution in [1.29, 1.82) is 0 Å². The molecule has 2 aromatic heterocycles. The van der Waals surface area contributed by atoms with Crippen molar-refractivity contribution in [3.05, 3.63) is 69.2 Å². The Balaban J connectivity index is 0.00000129. The van der Waals surface area contributed by atoms with Gasteiger partial charge in [0.2, 0.25) is 0 Å². The van der Waals surface area contributed by atoms with E-state index >= 15 is 0 Å². The molecule has 0 N–H and O–H groups in total. The average Bonchev–Trinajstić information content (AvgIpc) is 2.84. The van der Waals surface area contributed by atoms with Gasteiger partial charge in [-0.2, -0.15) is 0 Å². The molecule has 5 nitrogen and oxygen atoms in total. The molecule has 6 heteroatoms. The van der Waals surface area contributed by atoms with Gasteiger partial charge in [0.15, 0.2) is 0 Å². The van der Waals surface area contributed by atoms with Crippen molar-refractivity contribution in [2.45, 2.75) is 48.0 Å². The van der Waals surface area contributed by atoms with E-state index in [4.69, 9.17) is 0 Å². The van der Waals surface area contributed by atoms with Crippen LogP contribution in [0, 0.1) is 6.92 Å². The summed E-state index contributed by atoms with van der Waals surface area (Å²) in [5.74, 6) is -0.0712. The summed E-state index contributed by atoms with van der Waals surface area (Å²) in [6.45, 7) is 15.0. The van der Waals surface area contributed by atoms with E-state index in [9.17, 15) is 4.79 Å². The van der Waals surface area contributed by atoms with E-state index in [2.05, 4.69) is 49.9 Å². The van der Waals surface area contributed by atoms with Gasteiger partial charge in [-0.25, -0.2) is 0 Å². The lowest BCUT2D eigenvalue weighted by molar-refractivity contribution is 0.0822. The zero-order chi connectivity index (χ0) is 25.0. The van der Waals surface area contributed by atoms with Gasteiger partial charge in [-0.3, -0.25) is 19.7 Å². The van der Waals surface area contributed by atoms with Gasteiger partial charge in [0, 0.05) is 61.9 Å². The molecule has 1 amide bonds. The van der Waals surface area contributed by atoms with E-state index in [-0.39, 0.29) is 5.91 Å². The van der Waals surface area contributed by atoms with E-state index in [1.807, 2.05) is 65.2 Å². The first-order valence-corrected chi connectivity index (χ1v) is 12.5. The van der Waals surface area contributed by atoms with Crippen LogP contribution in [0.4, 0.5) is 0 Å². The Hall–Kier alpha value is -2.31. The molecule has 0 unspecified atom stereocenters. The Labute approximate surface area is 208 Å². The van der Waals surface area contributed by atoms with Gasteiger partial charge in [0.1, 0.15) is 5.69 Å². The first kappa shape index (κ1) is 28.7. The van der Waals surface area contributed by atoms with Gasteiger partial charge < -0.3 is 4.90 Å². The van der Waals surface area contributed by atoms with Gasteiger partial charge in [-0.05, 0) is 43.5 Å². The standard InChI is InChI=1S/C23H27BrN4O.2C2H6/c1-16(13-20-17(2)25-10-7-21(20)24)15-28-11-8-18(9-12-28)19-5-6-22(26-14-19)23(29)27(3)4;2*1-2/h5-8,10,13-14H,9,11-12,15H2,1-4H3;2*1-2H3/b16-13+;;. The molecule has 0 radical (unpaired) electrons. The molecule has 1 aliphatic rings. The topological polar surface area (TPSA) is 49.3 Å². The Bertz CT molecular complexity index is 929. The highest BCUT2D eigenvalue weighted by Crippen LogP contribution is 2.24. The highest BCUT2D eigenvalue weighted by molar-refractivity contribution is 9.10. The molecule has 3 rings (SSSR count). The van der Waals surface area contributed by atoms with Crippen molar-refractivity contribution in [1.82, 2.24) is 19.8 Å². The Morgan fingerprint density at radius 1 is 1.15 bits per heavy atom. The SMILES string of the molecule is C/C(=C\c1c(Br)ccnc1C)CN1CC=C(c2ccc(C(=O)N(C)C)nc2)CC1.CC.CC. The van der Waals surface area contributed by atoms with E-state index in [1.165, 1.54) is 11.1 Å². The van der Waals surface area contributed by atoms with Crippen molar-refractivity contribution >= 4 is 33.5 Å². The third-order valence-electron chi connectivity index (χ3n) is 5.05. The average molecular weight is 516 g/mol. The van der Waals surface area contributed by atoms with E-state index < -0.39 is 0 Å². The molecule has 0 aromatic carbocycles. The number of rotatable bonds is 5. The van der Waals surface area contributed by atoms with Crippen LogP contribution in [0.25, 0.3) is 11.6 Å². The Morgan fingerprint density at radius 3 is 2.36 bits per heavy atom. The third-order valence-corrected chi connectivity index (χ3v) is 5.74. The minimum atomic E-state index is -0.0712. The number of nitrogens with zero attached hydrogens (tertiary/aromatic N) is 4. The first-order chi connectivity index (χ1) is 15.8. The van der Waals surface area contributed by atoms with Gasteiger partial charge >= 0.3 is 0 Å². The van der Waals surface area contributed by atoms with Crippen molar-refractivity contribution in [2.24, 2.45) is 0 Å². The summed E-state index contributed by atoms with van der Waals surface area (Å²) in [6.07, 6.45) is 9.10. The number of halogens is 1. The number of hydrogen-bond donors (Lipinski definition) is 0. The smallest absolute Gasteiger partial charge is 0.271 e. The number of aromatic nitrogens is 2. The van der Waals surface area contributed by atoms with Crippen molar-refractivity contribution in [3.8, 4) is 0 Å². The quantitative estimate of drug-likeness (QED) is 0.457. The first-order valence-electron chi connectivity index (χ1n) is 11.7. The lowest BCUT2D eigenvalue weighted by atomic mass is 10.0. The monoisotopic (exact) mass is 514 g/mol. The Morgan fingerprint density at radius 2 is 1.85 bits per heavy atom. The zero-order valence-corrected chi connectivity index (χ0v) is 23.0. The number of carbonyl (C=O) groups is 1. The summed E-state index contributed by atoms with van der Waals surface area (Å²) < 4.78 is 1.08. The molecule has 0 saturated carbocycles. The fourth-order valence-corrected chi connectivity index (χ4v) is 3.94. The largest absolute Gasteiger partial charge is 0.343 e. The number of aryl methyl sites for hydroxylation is 1. The molecular weight excluding hydrogens is 476 g/mol. The fraction of sp³-hybridized carbons (Fsp3) is 0.444. The maximum Gasteiger partial charge on any atom is 0.271 e. The highest BCUT2D eigenvalue weighted by atomic mass is 79.9. The van der Waals surface area contributed by atoms with Crippen molar-refractivity contribution < 1.29 is 4.79 Å². The molecule has 0 bridgehead atoms. The van der Waals surface area contributed by atoms with E-state index in [1.54, 1.807) is 19.0 Å².